The van der Waals surface area contributed by atoms with Crippen molar-refractivity contribution in [2.45, 2.75) is 13.5 Å². The first-order valence-electron chi connectivity index (χ1n) is 5.87. The molecule has 0 bridgehead atoms. The zero-order valence-electron chi connectivity index (χ0n) is 10.8. The smallest absolute Gasteiger partial charge is 0.300 e. The van der Waals surface area contributed by atoms with Crippen molar-refractivity contribution in [1.29, 1.82) is 5.26 Å². The first kappa shape index (κ1) is 13.6. The van der Waals surface area contributed by atoms with Gasteiger partial charge in [0.1, 0.15) is 18.1 Å². The number of furan rings is 1. The maximum atomic E-state index is 11.3. The Balaban J connectivity index is 2.05. The predicted molar refractivity (Wildman–Crippen MR) is 70.6 cm³/mol. The summed E-state index contributed by atoms with van der Waals surface area (Å²) >= 11 is 0. The van der Waals surface area contributed by atoms with Crippen LogP contribution in [0.1, 0.15) is 27.4 Å². The molecule has 1 aromatic carbocycles. The molecule has 2 rings (SSSR count). The Morgan fingerprint density at radius 1 is 1.45 bits per heavy atom. The second-order valence-electron chi connectivity index (χ2n) is 4.09. The number of carbonyl (C=O) groups excluding carboxylic acids is 1. The quantitative estimate of drug-likeness (QED) is 0.500. The van der Waals surface area contributed by atoms with Gasteiger partial charge in [0.15, 0.2) is 5.76 Å². The Bertz CT molecular complexity index is 653. The molecule has 0 aliphatic carbocycles. The highest BCUT2D eigenvalue weighted by molar-refractivity contribution is 5.91. The highest BCUT2D eigenvalue weighted by Gasteiger charge is 2.13. The van der Waals surface area contributed by atoms with Crippen molar-refractivity contribution in [1.82, 2.24) is 5.43 Å². The molecule has 0 aliphatic heterocycles. The molecule has 0 fully saturated rings. The summed E-state index contributed by atoms with van der Waals surface area (Å²) in [5.41, 5.74) is 3.33. The van der Waals surface area contributed by atoms with Crippen LogP contribution in [-0.4, -0.2) is 5.91 Å². The van der Waals surface area contributed by atoms with E-state index in [2.05, 4.69) is 0 Å². The van der Waals surface area contributed by atoms with E-state index < -0.39 is 5.91 Å². The first-order valence-corrected chi connectivity index (χ1v) is 5.87. The third-order valence-corrected chi connectivity index (χ3v) is 2.75. The van der Waals surface area contributed by atoms with E-state index in [4.69, 9.17) is 20.3 Å². The van der Waals surface area contributed by atoms with Crippen molar-refractivity contribution in [3.8, 4) is 11.8 Å². The Hall–Kier alpha value is -2.78. The van der Waals surface area contributed by atoms with Gasteiger partial charge in [-0.2, -0.15) is 5.26 Å². The summed E-state index contributed by atoms with van der Waals surface area (Å²) in [4.78, 5) is 11.3. The number of rotatable bonds is 4. The van der Waals surface area contributed by atoms with Crippen molar-refractivity contribution in [2.75, 3.05) is 0 Å². The summed E-state index contributed by atoms with van der Waals surface area (Å²) in [6, 6.07) is 10.4. The largest absolute Gasteiger partial charge is 0.489 e. The van der Waals surface area contributed by atoms with Crippen molar-refractivity contribution in [2.24, 2.45) is 5.84 Å². The topological polar surface area (TPSA) is 101 Å². The van der Waals surface area contributed by atoms with Gasteiger partial charge in [-0.1, -0.05) is 0 Å². The molecule has 1 amide bonds. The first-order chi connectivity index (χ1) is 9.63. The number of carbonyl (C=O) groups is 1. The Labute approximate surface area is 115 Å². The fraction of sp³-hybridized carbons (Fsp3) is 0.143. The molecule has 1 heterocycles. The molecule has 0 saturated carbocycles. The molecule has 0 spiro atoms. The van der Waals surface area contributed by atoms with Crippen LogP contribution in [0.25, 0.3) is 0 Å². The minimum atomic E-state index is -0.488. The van der Waals surface area contributed by atoms with Crippen LogP contribution < -0.4 is 16.0 Å². The molecule has 20 heavy (non-hydrogen) atoms. The van der Waals surface area contributed by atoms with Crippen LogP contribution in [0, 0.1) is 18.3 Å². The van der Waals surface area contributed by atoms with Gasteiger partial charge in [0.25, 0.3) is 0 Å². The van der Waals surface area contributed by atoms with Gasteiger partial charge in [-0.15, -0.1) is 0 Å². The molecule has 102 valence electrons. The van der Waals surface area contributed by atoms with Crippen LogP contribution in [0.5, 0.6) is 5.75 Å². The summed E-state index contributed by atoms with van der Waals surface area (Å²) in [5, 5.41) is 8.70. The molecular weight excluding hydrogens is 258 g/mol. The van der Waals surface area contributed by atoms with E-state index >= 15 is 0 Å². The highest BCUT2D eigenvalue weighted by Crippen LogP contribution is 2.18. The van der Waals surface area contributed by atoms with Gasteiger partial charge in [0.2, 0.25) is 0 Å². The average molecular weight is 271 g/mol. The van der Waals surface area contributed by atoms with E-state index in [9.17, 15) is 4.79 Å². The van der Waals surface area contributed by atoms with Gasteiger partial charge in [0.05, 0.1) is 11.6 Å². The lowest BCUT2D eigenvalue weighted by atomic mass is 10.2. The number of benzene rings is 1. The van der Waals surface area contributed by atoms with Crippen molar-refractivity contribution >= 4 is 5.91 Å². The molecule has 0 saturated heterocycles. The molecule has 0 radical (unpaired) electrons. The molecule has 0 unspecified atom stereocenters. The van der Waals surface area contributed by atoms with Crippen molar-refractivity contribution in [3.63, 3.8) is 0 Å². The molecular formula is C14H13N3O3. The summed E-state index contributed by atoms with van der Waals surface area (Å²) in [7, 11) is 0. The number of hydrogen-bond acceptors (Lipinski definition) is 5. The molecule has 3 N–H and O–H groups in total. The van der Waals surface area contributed by atoms with Crippen LogP contribution >= 0.6 is 0 Å². The number of nitriles is 1. The summed E-state index contributed by atoms with van der Waals surface area (Å²) in [5.74, 6) is 5.92. The Kier molecular flexibility index (Phi) is 4.03. The number of amides is 1. The number of hydrogen-bond donors (Lipinski definition) is 2. The number of nitrogen functional groups attached to an aromatic ring is 1. The van der Waals surface area contributed by atoms with E-state index in [0.29, 0.717) is 17.1 Å². The third-order valence-electron chi connectivity index (χ3n) is 2.75. The minimum absolute atomic E-state index is 0.142. The summed E-state index contributed by atoms with van der Waals surface area (Å²) in [6.45, 7) is 2.00. The summed E-state index contributed by atoms with van der Waals surface area (Å²) in [6.07, 6.45) is 0. The number of aryl methyl sites for hydroxylation is 1. The fourth-order valence-corrected chi connectivity index (χ4v) is 1.63. The van der Waals surface area contributed by atoms with Gasteiger partial charge >= 0.3 is 5.91 Å². The zero-order valence-corrected chi connectivity index (χ0v) is 10.8. The lowest BCUT2D eigenvalue weighted by Gasteiger charge is -2.04. The predicted octanol–water partition coefficient (Wildman–Crippen LogP) is 1.64. The molecule has 2 aromatic rings. The lowest BCUT2D eigenvalue weighted by molar-refractivity contribution is 0.0924. The molecule has 1 aromatic heterocycles. The number of nitrogens with zero attached hydrogens (tertiary/aromatic N) is 1. The highest BCUT2D eigenvalue weighted by atomic mass is 16.5. The number of ether oxygens (including phenoxy) is 1. The second kappa shape index (κ2) is 5.91. The monoisotopic (exact) mass is 271 g/mol. The van der Waals surface area contributed by atoms with Crippen LogP contribution in [0.4, 0.5) is 0 Å². The van der Waals surface area contributed by atoms with Crippen molar-refractivity contribution in [3.05, 3.63) is 53.0 Å². The van der Waals surface area contributed by atoms with E-state index in [1.807, 2.05) is 11.5 Å². The van der Waals surface area contributed by atoms with Gasteiger partial charge in [-0.3, -0.25) is 10.2 Å². The zero-order chi connectivity index (χ0) is 14.5. The summed E-state index contributed by atoms with van der Waals surface area (Å²) < 4.78 is 10.8. The number of nitrogens with two attached hydrogens (primary N) is 1. The van der Waals surface area contributed by atoms with E-state index in [-0.39, 0.29) is 12.4 Å². The standard InChI is InChI=1S/C14H13N3O3/c1-9-11(6-13(20-9)14(18)17-16)8-19-12-4-2-10(7-15)3-5-12/h2-6H,8,16H2,1H3,(H,17,18). The van der Waals surface area contributed by atoms with Gasteiger partial charge in [0, 0.05) is 5.56 Å². The molecule has 6 nitrogen and oxygen atoms in total. The third kappa shape index (κ3) is 2.96. The second-order valence-corrected chi connectivity index (χ2v) is 4.09. The molecule has 0 aliphatic rings. The van der Waals surface area contributed by atoms with Gasteiger partial charge in [-0.25, -0.2) is 5.84 Å². The Morgan fingerprint density at radius 3 is 2.75 bits per heavy atom. The van der Waals surface area contributed by atoms with Crippen LogP contribution in [0.3, 0.4) is 0 Å². The molecule has 6 heteroatoms. The maximum absolute atomic E-state index is 11.3. The minimum Gasteiger partial charge on any atom is -0.489 e. The maximum Gasteiger partial charge on any atom is 0.300 e. The van der Waals surface area contributed by atoms with Gasteiger partial charge in [-0.05, 0) is 37.3 Å². The lowest BCUT2D eigenvalue weighted by Crippen LogP contribution is -2.29. The van der Waals surface area contributed by atoms with Crippen LogP contribution in [0.2, 0.25) is 0 Å². The van der Waals surface area contributed by atoms with Gasteiger partial charge < -0.3 is 9.15 Å². The number of hydrazine groups is 1. The number of nitrogens with one attached hydrogen (secondary N) is 1. The van der Waals surface area contributed by atoms with Crippen molar-refractivity contribution < 1.29 is 13.9 Å². The molecule has 0 atom stereocenters. The van der Waals surface area contributed by atoms with E-state index in [1.54, 1.807) is 37.3 Å². The van der Waals surface area contributed by atoms with E-state index in [0.717, 1.165) is 5.56 Å². The van der Waals surface area contributed by atoms with Crippen LogP contribution in [-0.2, 0) is 6.61 Å². The SMILES string of the molecule is Cc1oc(C(=O)NN)cc1COc1ccc(C#N)cc1. The average Bonchev–Trinajstić information content (AvgIpc) is 2.86. The van der Waals surface area contributed by atoms with Crippen LogP contribution in [0.15, 0.2) is 34.7 Å². The normalized spacial score (nSPS) is 9.85. The Morgan fingerprint density at radius 2 is 2.15 bits per heavy atom. The van der Waals surface area contributed by atoms with E-state index in [1.165, 1.54) is 0 Å². The fourth-order valence-electron chi connectivity index (χ4n) is 1.63.